The monoisotopic (exact) mass is 405 g/mol. The van der Waals surface area contributed by atoms with Crippen molar-refractivity contribution in [1.29, 1.82) is 0 Å². The zero-order chi connectivity index (χ0) is 21.3. The first-order valence-corrected chi connectivity index (χ1v) is 9.56. The van der Waals surface area contributed by atoms with Crippen LogP contribution in [-0.2, 0) is 6.42 Å². The second-order valence-corrected chi connectivity index (χ2v) is 7.65. The summed E-state index contributed by atoms with van der Waals surface area (Å²) in [5.74, 6) is 1.67. The van der Waals surface area contributed by atoms with Crippen molar-refractivity contribution in [3.63, 3.8) is 0 Å². The Labute approximate surface area is 174 Å². The Kier molecular flexibility index (Phi) is 5.03. The Bertz CT molecular complexity index is 1120. The molecule has 1 aromatic heterocycles. The average Bonchev–Trinajstić information content (AvgIpc) is 3.37. The minimum atomic E-state index is -0.348. The van der Waals surface area contributed by atoms with Crippen LogP contribution < -0.4 is 14.2 Å². The summed E-state index contributed by atoms with van der Waals surface area (Å²) >= 11 is 0. The smallest absolute Gasteiger partial charge is 0.211 e. The predicted octanol–water partition coefficient (Wildman–Crippen LogP) is 3.89. The maximum Gasteiger partial charge on any atom is 0.211 e. The molecule has 7 nitrogen and oxygen atoms in total. The number of para-hydroxylation sites is 1. The van der Waals surface area contributed by atoms with Gasteiger partial charge in [-0.15, -0.1) is 0 Å². The summed E-state index contributed by atoms with van der Waals surface area (Å²) < 4.78 is 18.4. The van der Waals surface area contributed by atoms with E-state index in [0.29, 0.717) is 34.9 Å². The molecular weight excluding hydrogens is 382 g/mol. The van der Waals surface area contributed by atoms with Crippen LogP contribution in [-0.4, -0.2) is 40.4 Å². The molecule has 0 spiro atoms. The normalized spacial score (nSPS) is 14.7. The van der Waals surface area contributed by atoms with Gasteiger partial charge in [0.25, 0.3) is 0 Å². The van der Waals surface area contributed by atoms with Crippen molar-refractivity contribution < 1.29 is 19.0 Å². The van der Waals surface area contributed by atoms with Crippen molar-refractivity contribution in [2.45, 2.75) is 25.9 Å². The molecule has 3 aromatic rings. The summed E-state index contributed by atoms with van der Waals surface area (Å²) in [5, 5.41) is 4.17. The fourth-order valence-electron chi connectivity index (χ4n) is 3.61. The number of rotatable bonds is 6. The Morgan fingerprint density at radius 3 is 2.63 bits per heavy atom. The number of hydrogen-bond acceptors (Lipinski definition) is 6. The first kappa shape index (κ1) is 19.7. The molecule has 0 radical (unpaired) electrons. The molecule has 7 heteroatoms. The third kappa shape index (κ3) is 3.66. The summed E-state index contributed by atoms with van der Waals surface area (Å²) in [5.41, 5.74) is 2.19. The van der Waals surface area contributed by atoms with Gasteiger partial charge in [-0.3, -0.25) is 4.79 Å². The Hall–Kier alpha value is -3.61. The number of ketones is 1. The second kappa shape index (κ2) is 7.67. The summed E-state index contributed by atoms with van der Waals surface area (Å²) in [4.78, 5) is 17.6. The molecule has 2 heterocycles. The molecule has 0 bridgehead atoms. The van der Waals surface area contributed by atoms with Crippen LogP contribution in [0.25, 0.3) is 11.8 Å². The number of fused-ring (bicyclic) bond motifs is 1. The molecule has 0 N–H and O–H groups in total. The molecule has 0 saturated carbocycles. The number of carbonyl (C=O) groups excluding carboxylic acids is 1. The number of ether oxygens (including phenoxy) is 3. The highest BCUT2D eigenvalue weighted by Crippen LogP contribution is 2.43. The van der Waals surface area contributed by atoms with E-state index < -0.39 is 0 Å². The number of benzene rings is 2. The molecule has 30 heavy (non-hydrogen) atoms. The number of Topliss-reactive ketones (excluding diaryl/α,β-unsaturated/α-hetero) is 1. The summed E-state index contributed by atoms with van der Waals surface area (Å²) in [6.45, 7) is 4.02. The molecule has 154 valence electrons. The highest BCUT2D eigenvalue weighted by molar-refractivity contribution is 6.28. The molecule has 0 saturated heterocycles. The van der Waals surface area contributed by atoms with E-state index in [0.717, 1.165) is 11.1 Å². The number of methoxy groups -OCH3 is 2. The van der Waals surface area contributed by atoms with E-state index in [-0.39, 0.29) is 11.4 Å². The van der Waals surface area contributed by atoms with Gasteiger partial charge in [0.05, 0.1) is 14.2 Å². The zero-order valence-electron chi connectivity index (χ0n) is 17.4. The largest absolute Gasteiger partial charge is 0.496 e. The fraction of sp³-hybridized carbons (Fsp3) is 0.261. The maximum atomic E-state index is 13.6. The molecule has 0 amide bonds. The molecular formula is C23H23N3O4. The highest BCUT2D eigenvalue weighted by Gasteiger charge is 2.34. The van der Waals surface area contributed by atoms with Crippen molar-refractivity contribution in [2.24, 2.45) is 0 Å². The average molecular weight is 405 g/mol. The van der Waals surface area contributed by atoms with E-state index in [1.807, 2.05) is 44.2 Å². The maximum absolute atomic E-state index is 13.6. The molecule has 0 unspecified atom stereocenters. The van der Waals surface area contributed by atoms with Crippen molar-refractivity contribution in [3.8, 4) is 17.2 Å². The van der Waals surface area contributed by atoms with Crippen molar-refractivity contribution in [3.05, 3.63) is 65.7 Å². The third-order valence-electron chi connectivity index (χ3n) is 4.94. The standard InChI is InChI=1S/C23H23N3O4/c1-23(2)12-17-9-16(11-20(29-4)22(17)30-23)21(27)18(26-14-24-13-25-26)10-15-7-5-6-8-19(15)28-3/h5-11,13-14H,12H2,1-4H3. The molecule has 4 rings (SSSR count). The molecule has 2 aromatic carbocycles. The number of nitrogens with zero attached hydrogens (tertiary/aromatic N) is 3. The summed E-state index contributed by atoms with van der Waals surface area (Å²) in [6, 6.07) is 11.0. The van der Waals surface area contributed by atoms with Crippen molar-refractivity contribution in [2.75, 3.05) is 14.2 Å². The molecule has 0 fully saturated rings. The topological polar surface area (TPSA) is 75.5 Å². The summed E-state index contributed by atoms with van der Waals surface area (Å²) in [6.07, 6.45) is 5.32. The van der Waals surface area contributed by atoms with E-state index in [9.17, 15) is 4.79 Å². The quantitative estimate of drug-likeness (QED) is 0.458. The second-order valence-electron chi connectivity index (χ2n) is 7.65. The number of carbonyl (C=O) groups is 1. The first-order valence-electron chi connectivity index (χ1n) is 9.56. The lowest BCUT2D eigenvalue weighted by Crippen LogP contribution is -2.24. The van der Waals surface area contributed by atoms with Crippen molar-refractivity contribution >= 4 is 17.6 Å². The van der Waals surface area contributed by atoms with E-state index in [2.05, 4.69) is 10.1 Å². The van der Waals surface area contributed by atoms with Gasteiger partial charge in [0, 0.05) is 23.1 Å². The minimum absolute atomic E-state index is 0.211. The predicted molar refractivity (Wildman–Crippen MR) is 113 cm³/mol. The van der Waals surface area contributed by atoms with Crippen LogP contribution in [0.1, 0.15) is 35.3 Å². The third-order valence-corrected chi connectivity index (χ3v) is 4.94. The lowest BCUT2D eigenvalue weighted by molar-refractivity contribution is 0.105. The number of aromatic nitrogens is 3. The Morgan fingerprint density at radius 2 is 1.93 bits per heavy atom. The van der Waals surface area contributed by atoms with Gasteiger partial charge >= 0.3 is 0 Å². The molecule has 1 aliphatic rings. The van der Waals surface area contributed by atoms with E-state index >= 15 is 0 Å². The van der Waals surface area contributed by atoms with Gasteiger partial charge in [0.2, 0.25) is 5.78 Å². The summed E-state index contributed by atoms with van der Waals surface area (Å²) in [7, 11) is 3.16. The highest BCUT2D eigenvalue weighted by atomic mass is 16.5. The lowest BCUT2D eigenvalue weighted by atomic mass is 9.97. The van der Waals surface area contributed by atoms with Crippen LogP contribution in [0.3, 0.4) is 0 Å². The molecule has 0 atom stereocenters. The van der Waals surface area contributed by atoms with Crippen molar-refractivity contribution in [1.82, 2.24) is 14.8 Å². The van der Waals surface area contributed by atoms with E-state index in [1.54, 1.807) is 26.4 Å². The fourth-order valence-corrected chi connectivity index (χ4v) is 3.61. The van der Waals surface area contributed by atoms with Gasteiger partial charge in [-0.25, -0.2) is 9.67 Å². The number of allylic oxidation sites excluding steroid dienone is 1. The van der Waals surface area contributed by atoms with Gasteiger partial charge in [-0.05, 0) is 38.1 Å². The van der Waals surface area contributed by atoms with Crippen LogP contribution in [0.15, 0.2) is 49.1 Å². The molecule has 0 aliphatic carbocycles. The minimum Gasteiger partial charge on any atom is -0.496 e. The SMILES string of the molecule is COc1ccccc1C=C(C(=O)c1cc2c(c(OC)c1)OC(C)(C)C2)n1cncn1. The van der Waals surface area contributed by atoms with Crippen LogP contribution in [0.4, 0.5) is 0 Å². The van der Waals surface area contributed by atoms with Gasteiger partial charge < -0.3 is 14.2 Å². The van der Waals surface area contributed by atoms with Gasteiger partial charge in [0.15, 0.2) is 11.5 Å². The van der Waals surface area contributed by atoms with Gasteiger partial charge in [0.1, 0.15) is 29.7 Å². The zero-order valence-corrected chi connectivity index (χ0v) is 17.4. The van der Waals surface area contributed by atoms with Crippen LogP contribution in [0, 0.1) is 0 Å². The van der Waals surface area contributed by atoms with Gasteiger partial charge in [-0.2, -0.15) is 5.10 Å². The lowest BCUT2D eigenvalue weighted by Gasteiger charge is -2.17. The van der Waals surface area contributed by atoms with Crippen LogP contribution in [0.2, 0.25) is 0 Å². The van der Waals surface area contributed by atoms with Gasteiger partial charge in [-0.1, -0.05) is 18.2 Å². The first-order chi connectivity index (χ1) is 14.4. The number of hydrogen-bond donors (Lipinski definition) is 0. The molecule has 1 aliphatic heterocycles. The van der Waals surface area contributed by atoms with E-state index in [4.69, 9.17) is 14.2 Å². The Morgan fingerprint density at radius 1 is 1.17 bits per heavy atom. The Balaban J connectivity index is 1.82. The van der Waals surface area contributed by atoms with Crippen LogP contribution >= 0.6 is 0 Å². The van der Waals surface area contributed by atoms with E-state index in [1.165, 1.54) is 17.3 Å². The van der Waals surface area contributed by atoms with Crippen LogP contribution in [0.5, 0.6) is 17.2 Å².